The summed E-state index contributed by atoms with van der Waals surface area (Å²) in [6, 6.07) is 0. The summed E-state index contributed by atoms with van der Waals surface area (Å²) in [7, 11) is -0.560. The molecule has 50 valence electrons. The first kappa shape index (κ1) is 6.55. The van der Waals surface area contributed by atoms with Gasteiger partial charge in [-0.3, -0.25) is 0 Å². The van der Waals surface area contributed by atoms with Crippen LogP contribution in [0.1, 0.15) is 19.8 Å². The van der Waals surface area contributed by atoms with Gasteiger partial charge >= 0.3 is 52.2 Å². The molecule has 8 heavy (non-hydrogen) atoms. The van der Waals surface area contributed by atoms with Gasteiger partial charge in [0, 0.05) is 0 Å². The number of rotatable bonds is 1. The molecule has 0 aromatic heterocycles. The Balaban J connectivity index is 2.40. The standard InChI is InChI=1S/C7H17P/c1-3-8(2)6-4-5-7-8/h8H,3-7H2,1-2H3. The molecule has 1 aliphatic rings. The van der Waals surface area contributed by atoms with Crippen molar-refractivity contribution in [2.75, 3.05) is 25.2 Å². The fourth-order valence-corrected chi connectivity index (χ4v) is 4.75. The Morgan fingerprint density at radius 2 is 1.75 bits per heavy atom. The van der Waals surface area contributed by atoms with Crippen molar-refractivity contribution in [3.05, 3.63) is 0 Å². The molecule has 1 fully saturated rings. The van der Waals surface area contributed by atoms with Gasteiger partial charge in [-0.25, -0.2) is 0 Å². The van der Waals surface area contributed by atoms with Crippen molar-refractivity contribution in [2.24, 2.45) is 0 Å². The van der Waals surface area contributed by atoms with Gasteiger partial charge in [0.25, 0.3) is 0 Å². The van der Waals surface area contributed by atoms with Gasteiger partial charge in [0.15, 0.2) is 0 Å². The normalized spacial score (nSPS) is 30.2. The summed E-state index contributed by atoms with van der Waals surface area (Å²) in [6.45, 7) is 4.93. The first-order chi connectivity index (χ1) is 3.77. The fraction of sp³-hybridized carbons (Fsp3) is 1.00. The fourth-order valence-electron chi connectivity index (χ4n) is 1.58. The topological polar surface area (TPSA) is 0 Å². The van der Waals surface area contributed by atoms with Crippen LogP contribution >= 0.6 is 7.26 Å². The average Bonchev–Trinajstić information content (AvgIpc) is 2.17. The molecule has 0 saturated carbocycles. The van der Waals surface area contributed by atoms with Gasteiger partial charge in [-0.05, 0) is 0 Å². The summed E-state index contributed by atoms with van der Waals surface area (Å²) in [5.41, 5.74) is 0. The Morgan fingerprint density at radius 1 is 1.25 bits per heavy atom. The van der Waals surface area contributed by atoms with Gasteiger partial charge in [0.2, 0.25) is 0 Å². The molecule has 0 aromatic carbocycles. The van der Waals surface area contributed by atoms with Gasteiger partial charge in [0.05, 0.1) is 0 Å². The van der Waals surface area contributed by atoms with Crippen molar-refractivity contribution in [2.45, 2.75) is 19.8 Å². The molecule has 0 spiro atoms. The van der Waals surface area contributed by atoms with Crippen LogP contribution in [-0.4, -0.2) is 25.2 Å². The molecule has 0 aliphatic carbocycles. The zero-order valence-electron chi connectivity index (χ0n) is 6.04. The van der Waals surface area contributed by atoms with Gasteiger partial charge in [-0.2, -0.15) is 0 Å². The van der Waals surface area contributed by atoms with Gasteiger partial charge in [-0.15, -0.1) is 0 Å². The van der Waals surface area contributed by atoms with Crippen LogP contribution in [0.3, 0.4) is 0 Å². The third-order valence-corrected chi connectivity index (χ3v) is 7.49. The zero-order valence-corrected chi connectivity index (χ0v) is 7.04. The molecular weight excluding hydrogens is 115 g/mol. The second-order valence-corrected chi connectivity index (χ2v) is 8.70. The third kappa shape index (κ3) is 1.23. The van der Waals surface area contributed by atoms with E-state index in [0.29, 0.717) is 0 Å². The minimum absolute atomic E-state index is 0.560. The molecule has 1 rings (SSSR count). The van der Waals surface area contributed by atoms with Crippen LogP contribution in [0.15, 0.2) is 0 Å². The predicted octanol–water partition coefficient (Wildman–Crippen LogP) is 2.18. The van der Waals surface area contributed by atoms with E-state index in [2.05, 4.69) is 13.6 Å². The van der Waals surface area contributed by atoms with Crippen LogP contribution in [0.2, 0.25) is 0 Å². The Morgan fingerprint density at radius 3 is 2.00 bits per heavy atom. The van der Waals surface area contributed by atoms with E-state index < -0.39 is 7.26 Å². The van der Waals surface area contributed by atoms with Crippen LogP contribution in [0.25, 0.3) is 0 Å². The summed E-state index contributed by atoms with van der Waals surface area (Å²) < 4.78 is 0. The van der Waals surface area contributed by atoms with Crippen LogP contribution < -0.4 is 0 Å². The van der Waals surface area contributed by atoms with E-state index in [0.717, 1.165) is 0 Å². The number of hydrogen-bond donors (Lipinski definition) is 0. The van der Waals surface area contributed by atoms with Crippen molar-refractivity contribution in [3.8, 4) is 0 Å². The molecule has 1 heteroatoms. The first-order valence-corrected chi connectivity index (χ1v) is 6.89. The summed E-state index contributed by atoms with van der Waals surface area (Å²) in [5.74, 6) is 0. The Bertz CT molecular complexity index is 72.5. The van der Waals surface area contributed by atoms with Crippen LogP contribution in [0.4, 0.5) is 0 Å². The van der Waals surface area contributed by atoms with E-state index in [1.807, 2.05) is 0 Å². The van der Waals surface area contributed by atoms with Crippen molar-refractivity contribution < 1.29 is 0 Å². The Kier molecular flexibility index (Phi) is 1.92. The molecule has 1 aliphatic heterocycles. The maximum atomic E-state index is 2.56. The summed E-state index contributed by atoms with van der Waals surface area (Å²) >= 11 is 0. The molecule has 0 unspecified atom stereocenters. The van der Waals surface area contributed by atoms with E-state index in [1.54, 1.807) is 12.3 Å². The third-order valence-electron chi connectivity index (χ3n) is 2.66. The first-order valence-electron chi connectivity index (χ1n) is 3.77. The molecule has 0 bridgehead atoms. The van der Waals surface area contributed by atoms with Crippen LogP contribution in [0, 0.1) is 0 Å². The van der Waals surface area contributed by atoms with Gasteiger partial charge in [0.1, 0.15) is 0 Å². The van der Waals surface area contributed by atoms with Crippen molar-refractivity contribution in [1.29, 1.82) is 0 Å². The molecule has 0 radical (unpaired) electrons. The quantitative estimate of drug-likeness (QED) is 0.480. The molecular formula is C7H17P. The van der Waals surface area contributed by atoms with Crippen molar-refractivity contribution in [1.82, 2.24) is 0 Å². The van der Waals surface area contributed by atoms with Crippen molar-refractivity contribution in [3.63, 3.8) is 0 Å². The molecule has 1 saturated heterocycles. The summed E-state index contributed by atoms with van der Waals surface area (Å²) in [4.78, 5) is 0. The SMILES string of the molecule is CC[PH]1(C)CCCC1. The Hall–Kier alpha value is 0.430. The molecule has 0 nitrogen and oxygen atoms in total. The number of hydrogen-bond acceptors (Lipinski definition) is 0. The maximum absolute atomic E-state index is 2.56. The van der Waals surface area contributed by atoms with E-state index in [1.165, 1.54) is 19.0 Å². The van der Waals surface area contributed by atoms with E-state index in [9.17, 15) is 0 Å². The van der Waals surface area contributed by atoms with Gasteiger partial charge in [-0.1, -0.05) is 0 Å². The second kappa shape index (κ2) is 2.35. The predicted molar refractivity (Wildman–Crippen MR) is 43.7 cm³/mol. The monoisotopic (exact) mass is 132 g/mol. The van der Waals surface area contributed by atoms with Crippen LogP contribution in [-0.2, 0) is 0 Å². The zero-order chi connectivity index (χ0) is 6.04. The minimum atomic E-state index is -0.560. The Labute approximate surface area is 53.0 Å². The summed E-state index contributed by atoms with van der Waals surface area (Å²) in [5, 5.41) is 0. The summed E-state index contributed by atoms with van der Waals surface area (Å²) in [6.07, 6.45) is 7.83. The van der Waals surface area contributed by atoms with E-state index in [-0.39, 0.29) is 0 Å². The second-order valence-electron chi connectivity index (χ2n) is 3.37. The molecule has 0 atom stereocenters. The van der Waals surface area contributed by atoms with Gasteiger partial charge < -0.3 is 0 Å². The van der Waals surface area contributed by atoms with E-state index in [4.69, 9.17) is 0 Å². The van der Waals surface area contributed by atoms with E-state index >= 15 is 0 Å². The molecule has 0 amide bonds. The molecule has 1 heterocycles. The molecule has 0 N–H and O–H groups in total. The van der Waals surface area contributed by atoms with Crippen molar-refractivity contribution >= 4 is 7.26 Å². The van der Waals surface area contributed by atoms with Crippen LogP contribution in [0.5, 0.6) is 0 Å². The molecule has 0 aromatic rings. The average molecular weight is 132 g/mol.